The minimum absolute atomic E-state index is 0.0686. The maximum Gasteiger partial charge on any atom is 0.315 e. The molecule has 0 saturated heterocycles. The average Bonchev–Trinajstić information content (AvgIpc) is 2.93. The van der Waals surface area contributed by atoms with Gasteiger partial charge in [0.1, 0.15) is 11.6 Å². The fourth-order valence-corrected chi connectivity index (χ4v) is 2.61. The molecule has 0 fully saturated rings. The molecule has 1 aliphatic carbocycles. The number of rotatable bonds is 5. The van der Waals surface area contributed by atoms with E-state index < -0.39 is 11.9 Å². The summed E-state index contributed by atoms with van der Waals surface area (Å²) in [6, 6.07) is 3.51. The van der Waals surface area contributed by atoms with Crippen LogP contribution in [-0.4, -0.2) is 30.9 Å². The monoisotopic (exact) mass is 308 g/mol. The number of hydrogen-bond acceptors (Lipinski definition) is 3. The van der Waals surface area contributed by atoms with Crippen LogP contribution in [0, 0.1) is 11.7 Å². The van der Waals surface area contributed by atoms with Crippen molar-refractivity contribution in [1.82, 2.24) is 10.6 Å². The Labute approximate surface area is 129 Å². The van der Waals surface area contributed by atoms with Crippen molar-refractivity contribution in [3.8, 4) is 5.75 Å². The third kappa shape index (κ3) is 3.76. The molecular weight excluding hydrogens is 287 g/mol. The van der Waals surface area contributed by atoms with E-state index in [9.17, 15) is 9.18 Å². The number of amides is 2. The van der Waals surface area contributed by atoms with Gasteiger partial charge in [0.15, 0.2) is 0 Å². The second-order valence-electron chi connectivity index (χ2n) is 5.37. The van der Waals surface area contributed by atoms with Crippen LogP contribution in [0.2, 0.25) is 0 Å². The molecule has 1 aliphatic rings. The summed E-state index contributed by atoms with van der Waals surface area (Å²) in [6.07, 6.45) is 4.41. The van der Waals surface area contributed by atoms with Gasteiger partial charge < -0.3 is 20.5 Å². The first-order chi connectivity index (χ1) is 10.5. The Kier molecular flexibility index (Phi) is 5.38. The number of halogens is 1. The highest BCUT2D eigenvalue weighted by atomic mass is 19.1. The van der Waals surface area contributed by atoms with Crippen molar-refractivity contribution < 1.29 is 19.0 Å². The van der Waals surface area contributed by atoms with Crippen LogP contribution in [0.3, 0.4) is 0 Å². The molecule has 22 heavy (non-hydrogen) atoms. The predicted molar refractivity (Wildman–Crippen MR) is 81.2 cm³/mol. The Hall–Kier alpha value is -2.08. The maximum atomic E-state index is 13.9. The first-order valence-electron chi connectivity index (χ1n) is 7.23. The van der Waals surface area contributed by atoms with Crippen LogP contribution in [-0.2, 0) is 0 Å². The smallest absolute Gasteiger partial charge is 0.315 e. The lowest BCUT2D eigenvalue weighted by molar-refractivity contribution is 0.229. The molecule has 3 atom stereocenters. The summed E-state index contributed by atoms with van der Waals surface area (Å²) in [5.41, 5.74) is 0.315. The number of hydrogen-bond donors (Lipinski definition) is 3. The molecule has 0 spiro atoms. The zero-order valence-corrected chi connectivity index (χ0v) is 12.7. The lowest BCUT2D eigenvalue weighted by Gasteiger charge is -2.20. The van der Waals surface area contributed by atoms with Gasteiger partial charge in [-0.15, -0.1) is 0 Å². The Balaban J connectivity index is 1.96. The van der Waals surface area contributed by atoms with E-state index in [-0.39, 0.29) is 24.6 Å². The Morgan fingerprint density at radius 2 is 2.27 bits per heavy atom. The van der Waals surface area contributed by atoms with Crippen molar-refractivity contribution in [3.05, 3.63) is 41.7 Å². The van der Waals surface area contributed by atoms with E-state index in [1.807, 2.05) is 12.2 Å². The molecule has 2 amide bonds. The van der Waals surface area contributed by atoms with Gasteiger partial charge in [0, 0.05) is 18.6 Å². The summed E-state index contributed by atoms with van der Waals surface area (Å²) < 4.78 is 19.1. The van der Waals surface area contributed by atoms with Gasteiger partial charge in [-0.25, -0.2) is 9.18 Å². The van der Waals surface area contributed by atoms with E-state index in [1.165, 1.54) is 13.2 Å². The molecule has 0 heterocycles. The number of nitrogens with one attached hydrogen (secondary N) is 2. The highest BCUT2D eigenvalue weighted by Crippen LogP contribution is 2.27. The minimum Gasteiger partial charge on any atom is -0.496 e. The molecular formula is C16H21FN2O3. The van der Waals surface area contributed by atoms with Crippen LogP contribution in [0.1, 0.15) is 24.9 Å². The number of methoxy groups -OCH3 is 1. The maximum absolute atomic E-state index is 13.9. The molecule has 1 unspecified atom stereocenters. The molecule has 3 N–H and O–H groups in total. The van der Waals surface area contributed by atoms with Gasteiger partial charge in [0.25, 0.3) is 0 Å². The van der Waals surface area contributed by atoms with Crippen LogP contribution < -0.4 is 15.4 Å². The third-order valence-electron chi connectivity index (χ3n) is 3.74. The number of aliphatic hydroxyl groups is 1. The van der Waals surface area contributed by atoms with E-state index >= 15 is 0 Å². The van der Waals surface area contributed by atoms with Crippen LogP contribution in [0.15, 0.2) is 30.4 Å². The van der Waals surface area contributed by atoms with Crippen LogP contribution >= 0.6 is 0 Å². The van der Waals surface area contributed by atoms with Crippen LogP contribution in [0.25, 0.3) is 0 Å². The number of carbonyl (C=O) groups is 1. The summed E-state index contributed by atoms with van der Waals surface area (Å²) in [4.78, 5) is 12.0. The number of aliphatic hydroxyl groups excluding tert-OH is 1. The Bertz CT molecular complexity index is 562. The zero-order valence-electron chi connectivity index (χ0n) is 12.7. The second-order valence-corrected chi connectivity index (χ2v) is 5.37. The quantitative estimate of drug-likeness (QED) is 0.730. The average molecular weight is 308 g/mol. The molecule has 6 heteroatoms. The molecule has 5 nitrogen and oxygen atoms in total. The standard InChI is InChI=1S/C16H21FN2O3/c1-10(15-13(17)4-3-5-14(15)22-2)18-16(21)19-12-7-6-11(8-12)9-20/h3-7,10-12,20H,8-9H2,1-2H3,(H2,18,19,21)/t10?,11-,12+/m0/s1. The van der Waals surface area contributed by atoms with Crippen molar-refractivity contribution in [3.63, 3.8) is 0 Å². The van der Waals surface area contributed by atoms with Crippen molar-refractivity contribution in [2.24, 2.45) is 5.92 Å². The van der Waals surface area contributed by atoms with Crippen LogP contribution in [0.4, 0.5) is 9.18 Å². The van der Waals surface area contributed by atoms with E-state index in [4.69, 9.17) is 9.84 Å². The molecule has 2 rings (SSSR count). The zero-order chi connectivity index (χ0) is 16.1. The fraction of sp³-hybridized carbons (Fsp3) is 0.438. The van der Waals surface area contributed by atoms with Gasteiger partial charge in [0.05, 0.1) is 18.7 Å². The summed E-state index contributed by atoms with van der Waals surface area (Å²) in [5.74, 6) is 0.0524. The van der Waals surface area contributed by atoms with Gasteiger partial charge in [-0.05, 0) is 25.5 Å². The highest BCUT2D eigenvalue weighted by Gasteiger charge is 2.22. The van der Waals surface area contributed by atoms with Crippen molar-refractivity contribution >= 4 is 6.03 Å². The minimum atomic E-state index is -0.532. The number of ether oxygens (including phenoxy) is 1. The first-order valence-corrected chi connectivity index (χ1v) is 7.23. The molecule has 0 aliphatic heterocycles. The molecule has 120 valence electrons. The lowest BCUT2D eigenvalue weighted by atomic mass is 10.1. The molecule has 0 saturated carbocycles. The Morgan fingerprint density at radius 1 is 1.50 bits per heavy atom. The first kappa shape index (κ1) is 16.3. The second kappa shape index (κ2) is 7.26. The normalized spacial score (nSPS) is 21.5. The summed E-state index contributed by atoms with van der Waals surface area (Å²) >= 11 is 0. The summed E-state index contributed by atoms with van der Waals surface area (Å²) in [7, 11) is 1.46. The molecule has 0 radical (unpaired) electrons. The third-order valence-corrected chi connectivity index (χ3v) is 3.74. The SMILES string of the molecule is COc1cccc(F)c1C(C)NC(=O)N[C@@H]1C=C[C@H](CO)C1. The predicted octanol–water partition coefficient (Wildman–Crippen LogP) is 2.13. The lowest BCUT2D eigenvalue weighted by Crippen LogP contribution is -2.42. The largest absolute Gasteiger partial charge is 0.496 e. The van der Waals surface area contributed by atoms with Gasteiger partial charge >= 0.3 is 6.03 Å². The molecule has 0 aromatic heterocycles. The molecule has 0 bridgehead atoms. The van der Waals surface area contributed by atoms with Crippen LogP contribution in [0.5, 0.6) is 5.75 Å². The van der Waals surface area contributed by atoms with Gasteiger partial charge in [0.2, 0.25) is 0 Å². The summed E-state index contributed by atoms with van der Waals surface area (Å²) in [6.45, 7) is 1.76. The van der Waals surface area contributed by atoms with Gasteiger partial charge in [-0.2, -0.15) is 0 Å². The van der Waals surface area contributed by atoms with Crippen molar-refractivity contribution in [2.45, 2.75) is 25.4 Å². The van der Waals surface area contributed by atoms with E-state index in [1.54, 1.807) is 19.1 Å². The Morgan fingerprint density at radius 3 is 2.91 bits per heavy atom. The van der Waals surface area contributed by atoms with E-state index in [0.717, 1.165) is 0 Å². The molecule has 1 aromatic carbocycles. The number of benzene rings is 1. The topological polar surface area (TPSA) is 70.6 Å². The van der Waals surface area contributed by atoms with Crippen molar-refractivity contribution in [2.75, 3.05) is 13.7 Å². The molecule has 1 aromatic rings. The summed E-state index contributed by atoms with van der Waals surface area (Å²) in [5, 5.41) is 14.6. The van der Waals surface area contributed by atoms with E-state index in [2.05, 4.69) is 10.6 Å². The van der Waals surface area contributed by atoms with Gasteiger partial charge in [-0.3, -0.25) is 0 Å². The number of carbonyl (C=O) groups excluding carboxylic acids is 1. The fourth-order valence-electron chi connectivity index (χ4n) is 2.61. The van der Waals surface area contributed by atoms with E-state index in [0.29, 0.717) is 17.7 Å². The van der Waals surface area contributed by atoms with Crippen molar-refractivity contribution in [1.29, 1.82) is 0 Å². The van der Waals surface area contributed by atoms with Gasteiger partial charge in [-0.1, -0.05) is 18.2 Å². The number of urea groups is 1. The highest BCUT2D eigenvalue weighted by molar-refractivity contribution is 5.75.